The van der Waals surface area contributed by atoms with Gasteiger partial charge in [0, 0.05) is 30.7 Å². The first-order valence-electron chi connectivity index (χ1n) is 8.28. The number of benzene rings is 1. The van der Waals surface area contributed by atoms with Crippen LogP contribution in [0, 0.1) is 0 Å². The Morgan fingerprint density at radius 1 is 1.25 bits per heavy atom. The third-order valence-electron chi connectivity index (χ3n) is 4.87. The number of hydrogen-bond donors (Lipinski definition) is 1. The molecule has 0 aromatic heterocycles. The highest BCUT2D eigenvalue weighted by atomic mass is 15.3. The fourth-order valence-electron chi connectivity index (χ4n) is 3.61. The van der Waals surface area contributed by atoms with Gasteiger partial charge in [0.2, 0.25) is 0 Å². The minimum absolute atomic E-state index is 0.617. The molecule has 3 atom stereocenters. The van der Waals surface area contributed by atoms with E-state index in [1.807, 2.05) is 0 Å². The van der Waals surface area contributed by atoms with Crippen molar-refractivity contribution in [2.75, 3.05) is 6.54 Å². The van der Waals surface area contributed by atoms with Gasteiger partial charge in [0.15, 0.2) is 0 Å². The fraction of sp³-hybridized carbons (Fsp3) is 0.667. The summed E-state index contributed by atoms with van der Waals surface area (Å²) < 4.78 is 0. The van der Waals surface area contributed by atoms with Crippen LogP contribution in [0.5, 0.6) is 0 Å². The van der Waals surface area contributed by atoms with Crippen LogP contribution in [0.1, 0.15) is 45.1 Å². The molecule has 0 spiro atoms. The lowest BCUT2D eigenvalue weighted by atomic mass is 10.1. The van der Waals surface area contributed by atoms with E-state index in [1.165, 1.54) is 44.2 Å². The van der Waals surface area contributed by atoms with E-state index in [0.717, 1.165) is 12.1 Å². The minimum atomic E-state index is 0.617. The molecule has 2 nitrogen and oxygen atoms in total. The highest BCUT2D eigenvalue weighted by Crippen LogP contribution is 2.33. The number of hydrogen-bond acceptors (Lipinski definition) is 2. The molecule has 1 heterocycles. The van der Waals surface area contributed by atoms with Gasteiger partial charge < -0.3 is 5.32 Å². The van der Waals surface area contributed by atoms with Gasteiger partial charge in [-0.05, 0) is 51.5 Å². The zero-order chi connectivity index (χ0) is 13.9. The molecule has 2 heteroatoms. The summed E-state index contributed by atoms with van der Waals surface area (Å²) in [5, 5.41) is 3.85. The van der Waals surface area contributed by atoms with Crippen LogP contribution in [0.25, 0.3) is 0 Å². The van der Waals surface area contributed by atoms with Crippen molar-refractivity contribution in [2.45, 2.75) is 70.1 Å². The molecule has 1 aromatic rings. The average Bonchev–Trinajstić information content (AvgIpc) is 3.22. The van der Waals surface area contributed by atoms with Crippen LogP contribution in [0.15, 0.2) is 30.3 Å². The second-order valence-electron chi connectivity index (χ2n) is 6.80. The van der Waals surface area contributed by atoms with Crippen molar-refractivity contribution in [3.63, 3.8) is 0 Å². The van der Waals surface area contributed by atoms with Gasteiger partial charge >= 0.3 is 0 Å². The third kappa shape index (κ3) is 3.62. The molecule has 3 unspecified atom stereocenters. The summed E-state index contributed by atoms with van der Waals surface area (Å²) in [7, 11) is 0. The summed E-state index contributed by atoms with van der Waals surface area (Å²) in [6.45, 7) is 6.00. The van der Waals surface area contributed by atoms with Crippen molar-refractivity contribution in [3.05, 3.63) is 35.9 Å². The molecule has 1 saturated heterocycles. The van der Waals surface area contributed by atoms with Crippen molar-refractivity contribution in [1.29, 1.82) is 0 Å². The summed E-state index contributed by atoms with van der Waals surface area (Å²) in [6.07, 6.45) is 6.61. The molecule has 1 saturated carbocycles. The van der Waals surface area contributed by atoms with Gasteiger partial charge in [0.05, 0.1) is 0 Å². The Labute approximate surface area is 123 Å². The van der Waals surface area contributed by atoms with E-state index in [1.54, 1.807) is 0 Å². The van der Waals surface area contributed by atoms with Crippen LogP contribution in [0.4, 0.5) is 0 Å². The predicted octanol–water partition coefficient (Wildman–Crippen LogP) is 3.22. The molecule has 1 aromatic carbocycles. The number of rotatable bonds is 6. The lowest BCUT2D eigenvalue weighted by molar-refractivity contribution is 0.254. The molecule has 1 N–H and O–H groups in total. The smallest absolute Gasteiger partial charge is 0.0212 e. The molecule has 1 aliphatic heterocycles. The number of likely N-dealkylation sites (tertiary alicyclic amines) is 1. The second-order valence-corrected chi connectivity index (χ2v) is 6.80. The van der Waals surface area contributed by atoms with E-state index in [2.05, 4.69) is 54.4 Å². The molecule has 110 valence electrons. The van der Waals surface area contributed by atoms with Gasteiger partial charge in [-0.1, -0.05) is 30.3 Å². The first kappa shape index (κ1) is 14.1. The normalized spacial score (nSPS) is 28.7. The molecule has 2 aliphatic rings. The lowest BCUT2D eigenvalue weighted by Crippen LogP contribution is -2.39. The van der Waals surface area contributed by atoms with E-state index in [9.17, 15) is 0 Å². The molecule has 1 aliphatic carbocycles. The van der Waals surface area contributed by atoms with Crippen LogP contribution in [-0.2, 0) is 6.42 Å². The number of aryl methyl sites for hydroxylation is 1. The van der Waals surface area contributed by atoms with Gasteiger partial charge in [0.1, 0.15) is 0 Å². The summed E-state index contributed by atoms with van der Waals surface area (Å²) in [5.74, 6) is 0. The molecule has 3 rings (SSSR count). The Bertz CT molecular complexity index is 413. The largest absolute Gasteiger partial charge is 0.310 e. The number of nitrogens with zero attached hydrogens (tertiary/aromatic N) is 1. The Hall–Kier alpha value is -0.860. The first-order chi connectivity index (χ1) is 9.72. The van der Waals surface area contributed by atoms with E-state index in [0.29, 0.717) is 12.1 Å². The van der Waals surface area contributed by atoms with Crippen molar-refractivity contribution < 1.29 is 0 Å². The molecular weight excluding hydrogens is 244 g/mol. The van der Waals surface area contributed by atoms with E-state index >= 15 is 0 Å². The van der Waals surface area contributed by atoms with Crippen molar-refractivity contribution in [2.24, 2.45) is 0 Å². The van der Waals surface area contributed by atoms with Gasteiger partial charge in [-0.15, -0.1) is 0 Å². The summed E-state index contributed by atoms with van der Waals surface area (Å²) in [4.78, 5) is 2.72. The fourth-order valence-corrected chi connectivity index (χ4v) is 3.61. The Kier molecular flexibility index (Phi) is 4.42. The van der Waals surface area contributed by atoms with Gasteiger partial charge in [-0.25, -0.2) is 0 Å². The van der Waals surface area contributed by atoms with Gasteiger partial charge in [0.25, 0.3) is 0 Å². The first-order valence-corrected chi connectivity index (χ1v) is 8.28. The Morgan fingerprint density at radius 3 is 2.70 bits per heavy atom. The Balaban J connectivity index is 1.41. The van der Waals surface area contributed by atoms with E-state index in [4.69, 9.17) is 0 Å². The van der Waals surface area contributed by atoms with Crippen molar-refractivity contribution in [3.8, 4) is 0 Å². The van der Waals surface area contributed by atoms with E-state index in [-0.39, 0.29) is 0 Å². The summed E-state index contributed by atoms with van der Waals surface area (Å²) in [6, 6.07) is 13.9. The van der Waals surface area contributed by atoms with Crippen molar-refractivity contribution >= 4 is 0 Å². The standard InChI is InChI=1S/C18H28N2/c1-14(8-9-16-6-4-3-5-7-16)19-17-12-15(2)20(13-17)18-10-11-18/h3-7,14-15,17-19H,8-13H2,1-2H3. The van der Waals surface area contributed by atoms with Gasteiger partial charge in [-0.2, -0.15) is 0 Å². The molecule has 20 heavy (non-hydrogen) atoms. The number of nitrogens with one attached hydrogen (secondary N) is 1. The highest BCUT2D eigenvalue weighted by molar-refractivity contribution is 5.14. The molecule has 2 fully saturated rings. The molecule has 0 bridgehead atoms. The highest BCUT2D eigenvalue weighted by Gasteiger charge is 2.38. The van der Waals surface area contributed by atoms with E-state index < -0.39 is 0 Å². The molecule has 0 amide bonds. The maximum absolute atomic E-state index is 3.85. The van der Waals surface area contributed by atoms with Crippen LogP contribution < -0.4 is 5.32 Å². The molecule has 0 radical (unpaired) electrons. The van der Waals surface area contributed by atoms with Crippen LogP contribution in [-0.4, -0.2) is 35.6 Å². The zero-order valence-corrected chi connectivity index (χ0v) is 12.9. The predicted molar refractivity (Wildman–Crippen MR) is 85.0 cm³/mol. The monoisotopic (exact) mass is 272 g/mol. The van der Waals surface area contributed by atoms with Crippen molar-refractivity contribution in [1.82, 2.24) is 10.2 Å². The van der Waals surface area contributed by atoms with Gasteiger partial charge in [-0.3, -0.25) is 4.90 Å². The topological polar surface area (TPSA) is 15.3 Å². The lowest BCUT2D eigenvalue weighted by Gasteiger charge is -2.21. The summed E-state index contributed by atoms with van der Waals surface area (Å²) in [5.41, 5.74) is 1.46. The quantitative estimate of drug-likeness (QED) is 0.855. The second kappa shape index (κ2) is 6.28. The van der Waals surface area contributed by atoms with Crippen LogP contribution in [0.2, 0.25) is 0 Å². The zero-order valence-electron chi connectivity index (χ0n) is 12.9. The molecular formula is C18H28N2. The minimum Gasteiger partial charge on any atom is -0.310 e. The SMILES string of the molecule is CC(CCc1ccccc1)NC1CC(C)N(C2CC2)C1. The third-order valence-corrected chi connectivity index (χ3v) is 4.87. The van der Waals surface area contributed by atoms with Crippen LogP contribution >= 0.6 is 0 Å². The van der Waals surface area contributed by atoms with Crippen LogP contribution in [0.3, 0.4) is 0 Å². The Morgan fingerprint density at radius 2 is 2.00 bits per heavy atom. The average molecular weight is 272 g/mol. The summed E-state index contributed by atoms with van der Waals surface area (Å²) >= 11 is 0. The maximum atomic E-state index is 3.85. The maximum Gasteiger partial charge on any atom is 0.0212 e.